The predicted molar refractivity (Wildman–Crippen MR) is 79.4 cm³/mol. The summed E-state index contributed by atoms with van der Waals surface area (Å²) in [6.07, 6.45) is 8.67. The van der Waals surface area contributed by atoms with Gasteiger partial charge in [-0.2, -0.15) is 0 Å². The van der Waals surface area contributed by atoms with Crippen LogP contribution in [0.4, 0.5) is 5.82 Å². The van der Waals surface area contributed by atoms with Crippen molar-refractivity contribution in [1.82, 2.24) is 10.3 Å². The van der Waals surface area contributed by atoms with E-state index in [-0.39, 0.29) is 0 Å². The number of hydrogen-bond donors (Lipinski definition) is 1. The number of hydrogen-bond acceptors (Lipinski definition) is 3. The Kier molecular flexibility index (Phi) is 4.02. The molecule has 1 aliphatic carbocycles. The Morgan fingerprint density at radius 1 is 1.26 bits per heavy atom. The monoisotopic (exact) mass is 259 g/mol. The fourth-order valence-electron chi connectivity index (χ4n) is 3.14. The highest BCUT2D eigenvalue weighted by Crippen LogP contribution is 2.33. The average Bonchev–Trinajstić information content (AvgIpc) is 3.24. The van der Waals surface area contributed by atoms with E-state index in [0.717, 1.165) is 24.8 Å². The van der Waals surface area contributed by atoms with Crippen molar-refractivity contribution in [3.05, 3.63) is 24.4 Å². The van der Waals surface area contributed by atoms with Crippen molar-refractivity contribution >= 4 is 5.82 Å². The summed E-state index contributed by atoms with van der Waals surface area (Å²) in [5.41, 5.74) is 0. The third-order valence-electron chi connectivity index (χ3n) is 4.37. The fourth-order valence-corrected chi connectivity index (χ4v) is 3.14. The molecular weight excluding hydrogens is 234 g/mol. The van der Waals surface area contributed by atoms with Crippen LogP contribution in [0.5, 0.6) is 0 Å². The lowest BCUT2D eigenvalue weighted by Crippen LogP contribution is -2.45. The summed E-state index contributed by atoms with van der Waals surface area (Å²) in [7, 11) is 0. The smallest absolute Gasteiger partial charge is 0.128 e. The summed E-state index contributed by atoms with van der Waals surface area (Å²) in [4.78, 5) is 6.85. The Bertz CT molecular complexity index is 380. The molecule has 2 aliphatic rings. The molecule has 1 aliphatic heterocycles. The van der Waals surface area contributed by atoms with Crippen molar-refractivity contribution < 1.29 is 0 Å². The second kappa shape index (κ2) is 5.91. The van der Waals surface area contributed by atoms with E-state index < -0.39 is 0 Å². The Balaban J connectivity index is 1.44. The van der Waals surface area contributed by atoms with E-state index in [1.807, 2.05) is 12.3 Å². The predicted octanol–water partition coefficient (Wildman–Crippen LogP) is 2.83. The van der Waals surface area contributed by atoms with Gasteiger partial charge in [0.25, 0.3) is 0 Å². The van der Waals surface area contributed by atoms with E-state index in [2.05, 4.69) is 34.3 Å². The summed E-state index contributed by atoms with van der Waals surface area (Å²) in [6, 6.07) is 7.57. The minimum Gasteiger partial charge on any atom is -0.357 e. The summed E-state index contributed by atoms with van der Waals surface area (Å²) in [5.74, 6) is 2.16. The molecule has 1 aromatic rings. The van der Waals surface area contributed by atoms with Crippen molar-refractivity contribution in [3.63, 3.8) is 0 Å². The van der Waals surface area contributed by atoms with E-state index in [9.17, 15) is 0 Å². The average molecular weight is 259 g/mol. The highest BCUT2D eigenvalue weighted by atomic mass is 15.2. The molecule has 1 atom stereocenters. The van der Waals surface area contributed by atoms with Gasteiger partial charge in [-0.3, -0.25) is 0 Å². The molecule has 0 spiro atoms. The number of piperidine rings is 1. The summed E-state index contributed by atoms with van der Waals surface area (Å²) in [6.45, 7) is 4.61. The zero-order chi connectivity index (χ0) is 13.1. The number of pyridine rings is 1. The maximum atomic E-state index is 4.44. The third kappa shape index (κ3) is 3.69. The van der Waals surface area contributed by atoms with Crippen LogP contribution in [-0.4, -0.2) is 30.2 Å². The summed E-state index contributed by atoms with van der Waals surface area (Å²) in [5, 5.41) is 3.82. The van der Waals surface area contributed by atoms with Gasteiger partial charge in [0, 0.05) is 31.4 Å². The van der Waals surface area contributed by atoms with Gasteiger partial charge in [-0.05, 0) is 44.2 Å². The molecule has 2 heterocycles. The first kappa shape index (κ1) is 12.9. The standard InChI is InChI=1S/C16H25N3/c1-13(12-14-5-6-14)18-15-7-10-19(11-8-15)16-4-2-3-9-17-16/h2-4,9,13-15,18H,5-8,10-12H2,1H3. The molecule has 104 valence electrons. The van der Waals surface area contributed by atoms with Crippen LogP contribution in [0, 0.1) is 5.92 Å². The maximum absolute atomic E-state index is 4.44. The molecule has 0 bridgehead atoms. The second-order valence-electron chi connectivity index (χ2n) is 6.20. The number of nitrogens with one attached hydrogen (secondary N) is 1. The van der Waals surface area contributed by atoms with E-state index in [0.29, 0.717) is 12.1 Å². The molecule has 0 aromatic carbocycles. The Morgan fingerprint density at radius 3 is 2.68 bits per heavy atom. The first-order valence-electron chi connectivity index (χ1n) is 7.73. The number of rotatable bonds is 5. The highest BCUT2D eigenvalue weighted by Gasteiger charge is 2.26. The molecule has 3 heteroatoms. The van der Waals surface area contributed by atoms with Crippen LogP contribution < -0.4 is 10.2 Å². The number of nitrogens with zero attached hydrogens (tertiary/aromatic N) is 2. The molecule has 1 unspecified atom stereocenters. The normalized spacial score (nSPS) is 22.5. The van der Waals surface area contributed by atoms with E-state index >= 15 is 0 Å². The fraction of sp³-hybridized carbons (Fsp3) is 0.688. The Hall–Kier alpha value is -1.09. The number of anilines is 1. The topological polar surface area (TPSA) is 28.2 Å². The van der Waals surface area contributed by atoms with Gasteiger partial charge in [-0.25, -0.2) is 4.98 Å². The minimum atomic E-state index is 0.693. The van der Waals surface area contributed by atoms with Crippen LogP contribution in [0.25, 0.3) is 0 Å². The van der Waals surface area contributed by atoms with Crippen molar-refractivity contribution in [2.75, 3.05) is 18.0 Å². The molecule has 3 nitrogen and oxygen atoms in total. The molecule has 1 saturated carbocycles. The van der Waals surface area contributed by atoms with E-state index in [1.54, 1.807) is 0 Å². The lowest BCUT2D eigenvalue weighted by Gasteiger charge is -2.34. The maximum Gasteiger partial charge on any atom is 0.128 e. The highest BCUT2D eigenvalue weighted by molar-refractivity contribution is 5.38. The van der Waals surface area contributed by atoms with Gasteiger partial charge >= 0.3 is 0 Å². The van der Waals surface area contributed by atoms with Crippen molar-refractivity contribution in [3.8, 4) is 0 Å². The number of aromatic nitrogens is 1. The first-order valence-corrected chi connectivity index (χ1v) is 7.73. The lowest BCUT2D eigenvalue weighted by atomic mass is 10.0. The second-order valence-corrected chi connectivity index (χ2v) is 6.20. The van der Waals surface area contributed by atoms with Gasteiger partial charge in [-0.1, -0.05) is 18.9 Å². The van der Waals surface area contributed by atoms with Crippen LogP contribution in [0.2, 0.25) is 0 Å². The van der Waals surface area contributed by atoms with Crippen LogP contribution in [-0.2, 0) is 0 Å². The van der Waals surface area contributed by atoms with Crippen LogP contribution >= 0.6 is 0 Å². The SMILES string of the molecule is CC(CC1CC1)NC1CCN(c2ccccn2)CC1. The van der Waals surface area contributed by atoms with E-state index in [1.165, 1.54) is 32.1 Å². The van der Waals surface area contributed by atoms with Gasteiger partial charge in [-0.15, -0.1) is 0 Å². The molecule has 1 saturated heterocycles. The minimum absolute atomic E-state index is 0.693. The Labute approximate surface area is 116 Å². The molecule has 19 heavy (non-hydrogen) atoms. The lowest BCUT2D eigenvalue weighted by molar-refractivity contribution is 0.358. The first-order chi connectivity index (χ1) is 9.31. The van der Waals surface area contributed by atoms with Gasteiger partial charge in [0.2, 0.25) is 0 Å². The van der Waals surface area contributed by atoms with Gasteiger partial charge in [0.1, 0.15) is 5.82 Å². The molecule has 1 N–H and O–H groups in total. The molecular formula is C16H25N3. The van der Waals surface area contributed by atoms with Crippen LogP contribution in [0.1, 0.15) is 39.0 Å². The third-order valence-corrected chi connectivity index (χ3v) is 4.37. The largest absolute Gasteiger partial charge is 0.357 e. The zero-order valence-electron chi connectivity index (χ0n) is 11.9. The van der Waals surface area contributed by atoms with Crippen LogP contribution in [0.15, 0.2) is 24.4 Å². The van der Waals surface area contributed by atoms with Gasteiger partial charge in [0.05, 0.1) is 0 Å². The molecule has 3 rings (SSSR count). The molecule has 1 aromatic heterocycles. The molecule has 0 radical (unpaired) electrons. The van der Waals surface area contributed by atoms with Gasteiger partial charge in [0.15, 0.2) is 0 Å². The van der Waals surface area contributed by atoms with Gasteiger partial charge < -0.3 is 10.2 Å². The van der Waals surface area contributed by atoms with Crippen molar-refractivity contribution in [2.24, 2.45) is 5.92 Å². The zero-order valence-corrected chi connectivity index (χ0v) is 11.9. The quantitative estimate of drug-likeness (QED) is 0.881. The summed E-state index contributed by atoms with van der Waals surface area (Å²) < 4.78 is 0. The van der Waals surface area contributed by atoms with Crippen LogP contribution in [0.3, 0.4) is 0 Å². The van der Waals surface area contributed by atoms with E-state index in [4.69, 9.17) is 0 Å². The molecule has 0 amide bonds. The van der Waals surface area contributed by atoms with Crippen molar-refractivity contribution in [2.45, 2.75) is 51.1 Å². The Morgan fingerprint density at radius 2 is 2.05 bits per heavy atom. The summed E-state index contributed by atoms with van der Waals surface area (Å²) >= 11 is 0. The van der Waals surface area contributed by atoms with Crippen molar-refractivity contribution in [1.29, 1.82) is 0 Å². The molecule has 2 fully saturated rings.